The van der Waals surface area contributed by atoms with Gasteiger partial charge < -0.3 is 0 Å². The molecule has 0 saturated carbocycles. The van der Waals surface area contributed by atoms with Crippen molar-refractivity contribution in [3.63, 3.8) is 0 Å². The Morgan fingerprint density at radius 2 is 1.62 bits per heavy atom. The first-order valence-corrected chi connectivity index (χ1v) is 10.1. The topological polar surface area (TPSA) is 73.6 Å². The van der Waals surface area contributed by atoms with Crippen LogP contribution in [0.1, 0.15) is 21.5 Å². The van der Waals surface area contributed by atoms with Gasteiger partial charge in [-0.15, -0.1) is 10.2 Å². The van der Waals surface area contributed by atoms with Crippen molar-refractivity contribution in [1.29, 1.82) is 0 Å². The van der Waals surface area contributed by atoms with Gasteiger partial charge >= 0.3 is 0 Å². The average Bonchev–Trinajstić information content (AvgIpc) is 3.17. The number of aromatic nitrogens is 5. The molecule has 0 aliphatic carbocycles. The lowest BCUT2D eigenvalue weighted by Gasteiger charge is -2.10. The maximum Gasteiger partial charge on any atom is 0.196 e. The second kappa shape index (κ2) is 8.36. The third-order valence-electron chi connectivity index (χ3n) is 4.42. The zero-order chi connectivity index (χ0) is 20.2. The fourth-order valence-electron chi connectivity index (χ4n) is 2.82. The SMILES string of the molecule is Cc1ccc(C(=O)CSc2nnc(-c3cnccn3)n2-c2ccc(C)cc2)cc1. The summed E-state index contributed by atoms with van der Waals surface area (Å²) >= 11 is 1.36. The Labute approximate surface area is 173 Å². The fourth-order valence-corrected chi connectivity index (χ4v) is 3.67. The van der Waals surface area contributed by atoms with Gasteiger partial charge in [-0.1, -0.05) is 59.3 Å². The van der Waals surface area contributed by atoms with Crippen LogP contribution in [0.15, 0.2) is 72.3 Å². The van der Waals surface area contributed by atoms with Crippen LogP contribution >= 0.6 is 11.8 Å². The molecule has 2 aromatic carbocycles. The van der Waals surface area contributed by atoms with Crippen LogP contribution in [0, 0.1) is 13.8 Å². The molecule has 0 aliphatic heterocycles. The molecule has 0 aliphatic rings. The van der Waals surface area contributed by atoms with Crippen molar-refractivity contribution in [2.45, 2.75) is 19.0 Å². The second-order valence-electron chi connectivity index (χ2n) is 6.65. The molecule has 2 aromatic heterocycles. The highest BCUT2D eigenvalue weighted by molar-refractivity contribution is 7.99. The zero-order valence-corrected chi connectivity index (χ0v) is 16.9. The van der Waals surface area contributed by atoms with E-state index < -0.39 is 0 Å². The minimum absolute atomic E-state index is 0.0505. The molecule has 6 nitrogen and oxygen atoms in total. The molecule has 0 atom stereocenters. The Kier molecular flexibility index (Phi) is 5.48. The Morgan fingerprint density at radius 3 is 2.28 bits per heavy atom. The molecule has 2 heterocycles. The number of rotatable bonds is 6. The summed E-state index contributed by atoms with van der Waals surface area (Å²) in [5.74, 6) is 0.912. The summed E-state index contributed by atoms with van der Waals surface area (Å²) < 4.78 is 1.91. The van der Waals surface area contributed by atoms with Gasteiger partial charge in [0, 0.05) is 23.6 Å². The van der Waals surface area contributed by atoms with Gasteiger partial charge in [0.25, 0.3) is 0 Å². The molecule has 4 rings (SSSR count). The number of hydrogen-bond donors (Lipinski definition) is 0. The van der Waals surface area contributed by atoms with Gasteiger partial charge in [0.15, 0.2) is 16.8 Å². The van der Waals surface area contributed by atoms with Gasteiger partial charge in [-0.3, -0.25) is 14.3 Å². The maximum atomic E-state index is 12.6. The minimum Gasteiger partial charge on any atom is -0.293 e. The number of ketones is 1. The van der Waals surface area contributed by atoms with Crippen molar-refractivity contribution in [2.24, 2.45) is 0 Å². The van der Waals surface area contributed by atoms with E-state index in [1.807, 2.05) is 66.9 Å². The molecule has 0 unspecified atom stereocenters. The number of aryl methyl sites for hydroxylation is 2. The summed E-state index contributed by atoms with van der Waals surface area (Å²) in [6, 6.07) is 15.7. The number of hydrogen-bond acceptors (Lipinski definition) is 6. The first-order valence-electron chi connectivity index (χ1n) is 9.13. The number of carbonyl (C=O) groups excluding carboxylic acids is 1. The molecule has 144 valence electrons. The highest BCUT2D eigenvalue weighted by Crippen LogP contribution is 2.27. The van der Waals surface area contributed by atoms with Crippen molar-refractivity contribution in [2.75, 3.05) is 5.75 Å². The smallest absolute Gasteiger partial charge is 0.196 e. The molecule has 0 spiro atoms. The molecule has 0 fully saturated rings. The number of carbonyl (C=O) groups is 1. The standard InChI is InChI=1S/C22H19N5OS/c1-15-3-7-17(8-4-15)20(28)14-29-22-26-25-21(19-13-23-11-12-24-19)27(22)18-9-5-16(2)6-10-18/h3-13H,14H2,1-2H3. The Balaban J connectivity index is 1.66. The third-order valence-corrected chi connectivity index (χ3v) is 5.35. The van der Waals surface area contributed by atoms with Crippen LogP contribution in [0.5, 0.6) is 0 Å². The van der Waals surface area contributed by atoms with E-state index in [0.717, 1.165) is 16.8 Å². The van der Waals surface area contributed by atoms with Crippen molar-refractivity contribution in [3.8, 4) is 17.2 Å². The highest BCUT2D eigenvalue weighted by atomic mass is 32.2. The van der Waals surface area contributed by atoms with Crippen molar-refractivity contribution >= 4 is 17.5 Å². The fraction of sp³-hybridized carbons (Fsp3) is 0.136. The van der Waals surface area contributed by atoms with E-state index in [1.54, 1.807) is 18.6 Å². The summed E-state index contributed by atoms with van der Waals surface area (Å²) in [5.41, 5.74) is 4.51. The second-order valence-corrected chi connectivity index (χ2v) is 7.59. The van der Waals surface area contributed by atoms with E-state index in [4.69, 9.17) is 0 Å². The first kappa shape index (κ1) is 19.0. The minimum atomic E-state index is 0.0505. The molecule has 0 N–H and O–H groups in total. The molecule has 7 heteroatoms. The van der Waals surface area contributed by atoms with Gasteiger partial charge in [0.1, 0.15) is 5.69 Å². The molecule has 0 radical (unpaired) electrons. The quantitative estimate of drug-likeness (QED) is 0.354. The predicted molar refractivity (Wildman–Crippen MR) is 113 cm³/mol. The normalized spacial score (nSPS) is 10.8. The Morgan fingerprint density at radius 1 is 0.931 bits per heavy atom. The van der Waals surface area contributed by atoms with E-state index in [-0.39, 0.29) is 11.5 Å². The van der Waals surface area contributed by atoms with Crippen molar-refractivity contribution in [3.05, 3.63) is 83.8 Å². The molecule has 29 heavy (non-hydrogen) atoms. The lowest BCUT2D eigenvalue weighted by Crippen LogP contribution is -2.05. The monoisotopic (exact) mass is 401 g/mol. The number of thioether (sulfide) groups is 1. The van der Waals surface area contributed by atoms with Crippen LogP contribution in [0.25, 0.3) is 17.2 Å². The van der Waals surface area contributed by atoms with E-state index in [9.17, 15) is 4.79 Å². The molecular formula is C22H19N5OS. The van der Waals surface area contributed by atoms with Crippen LogP contribution in [-0.2, 0) is 0 Å². The number of benzene rings is 2. The lowest BCUT2D eigenvalue weighted by molar-refractivity contribution is 0.102. The molecular weight excluding hydrogens is 382 g/mol. The Bertz CT molecular complexity index is 1120. The first-order chi connectivity index (χ1) is 14.1. The molecule has 0 saturated heterocycles. The van der Waals surface area contributed by atoms with Crippen LogP contribution in [0.2, 0.25) is 0 Å². The van der Waals surface area contributed by atoms with Gasteiger partial charge in [0.2, 0.25) is 0 Å². The number of Topliss-reactive ketones (excluding diaryl/α,β-unsaturated/α-hetero) is 1. The average molecular weight is 401 g/mol. The molecule has 0 bridgehead atoms. The number of nitrogens with zero attached hydrogens (tertiary/aromatic N) is 5. The van der Waals surface area contributed by atoms with E-state index in [2.05, 4.69) is 20.2 Å². The van der Waals surface area contributed by atoms with Gasteiger partial charge in [-0.2, -0.15) is 0 Å². The largest absolute Gasteiger partial charge is 0.293 e. The lowest BCUT2D eigenvalue weighted by atomic mass is 10.1. The van der Waals surface area contributed by atoms with E-state index in [0.29, 0.717) is 22.2 Å². The van der Waals surface area contributed by atoms with Crippen LogP contribution in [0.3, 0.4) is 0 Å². The predicted octanol–water partition coefficient (Wildman–Crippen LogP) is 4.32. The summed E-state index contributed by atoms with van der Waals surface area (Å²) in [7, 11) is 0. The van der Waals surface area contributed by atoms with Crippen molar-refractivity contribution in [1.82, 2.24) is 24.7 Å². The van der Waals surface area contributed by atoms with E-state index in [1.165, 1.54) is 11.8 Å². The summed E-state index contributed by atoms with van der Waals surface area (Å²) in [4.78, 5) is 21.1. The summed E-state index contributed by atoms with van der Waals surface area (Å²) in [6.45, 7) is 4.04. The zero-order valence-electron chi connectivity index (χ0n) is 16.1. The molecule has 0 amide bonds. The van der Waals surface area contributed by atoms with Crippen LogP contribution in [0.4, 0.5) is 0 Å². The van der Waals surface area contributed by atoms with Crippen LogP contribution in [-0.4, -0.2) is 36.3 Å². The van der Waals surface area contributed by atoms with Crippen molar-refractivity contribution < 1.29 is 4.79 Å². The Hall–Kier alpha value is -3.32. The molecule has 4 aromatic rings. The van der Waals surface area contributed by atoms with Gasteiger partial charge in [-0.05, 0) is 26.0 Å². The summed E-state index contributed by atoms with van der Waals surface area (Å²) in [6.07, 6.45) is 4.89. The van der Waals surface area contributed by atoms with Crippen LogP contribution < -0.4 is 0 Å². The van der Waals surface area contributed by atoms with Gasteiger partial charge in [0.05, 0.1) is 11.9 Å². The maximum absolute atomic E-state index is 12.6. The summed E-state index contributed by atoms with van der Waals surface area (Å²) in [5, 5.41) is 9.29. The van der Waals surface area contributed by atoms with E-state index >= 15 is 0 Å². The third kappa shape index (κ3) is 4.25. The van der Waals surface area contributed by atoms with Gasteiger partial charge in [-0.25, -0.2) is 4.98 Å². The highest BCUT2D eigenvalue weighted by Gasteiger charge is 2.18.